The van der Waals surface area contributed by atoms with Gasteiger partial charge in [-0.15, -0.1) is 0 Å². The molecule has 0 radical (unpaired) electrons. The van der Waals surface area contributed by atoms with E-state index in [1.165, 1.54) is 0 Å². The van der Waals surface area contributed by atoms with Crippen molar-refractivity contribution in [1.82, 2.24) is 5.06 Å². The highest BCUT2D eigenvalue weighted by atomic mass is 16.5. The molecule has 16 heavy (non-hydrogen) atoms. The molecule has 0 bridgehead atoms. The Morgan fingerprint density at radius 1 is 1.31 bits per heavy atom. The molecule has 1 atom stereocenters. The lowest BCUT2D eigenvalue weighted by atomic mass is 10.1. The zero-order chi connectivity index (χ0) is 12.9. The maximum absolute atomic E-state index is 10.2. The Morgan fingerprint density at radius 2 is 1.69 bits per heavy atom. The van der Waals surface area contributed by atoms with Gasteiger partial charge in [-0.05, 0) is 5.92 Å². The highest BCUT2D eigenvalue weighted by Gasteiger charge is 2.26. The Bertz CT molecular complexity index is 274. The Balaban J connectivity index is 0.000000281. The molecular formula is C9H16N2O5. The fraction of sp³-hybridized carbons (Fsp3) is 0.667. The second-order valence-electron chi connectivity index (χ2n) is 3.71. The molecule has 1 fully saturated rings. The van der Waals surface area contributed by atoms with E-state index in [9.17, 15) is 14.4 Å². The molecule has 0 aromatic heterocycles. The predicted molar refractivity (Wildman–Crippen MR) is 53.3 cm³/mol. The van der Waals surface area contributed by atoms with Gasteiger partial charge in [-0.1, -0.05) is 13.8 Å². The quantitative estimate of drug-likeness (QED) is 0.439. The van der Waals surface area contributed by atoms with Crippen LogP contribution < -0.4 is 5.73 Å². The number of nitrogens with zero attached hydrogens (tertiary/aromatic N) is 1. The molecule has 0 aliphatic carbocycles. The first-order valence-electron chi connectivity index (χ1n) is 4.80. The van der Waals surface area contributed by atoms with Gasteiger partial charge in [0.05, 0.1) is 0 Å². The van der Waals surface area contributed by atoms with Crippen molar-refractivity contribution in [3.63, 3.8) is 0 Å². The Morgan fingerprint density at radius 3 is 1.75 bits per heavy atom. The summed E-state index contributed by atoms with van der Waals surface area (Å²) >= 11 is 0. The van der Waals surface area contributed by atoms with Crippen LogP contribution in [-0.4, -0.2) is 39.2 Å². The van der Waals surface area contributed by atoms with Crippen LogP contribution in [0.15, 0.2) is 0 Å². The van der Waals surface area contributed by atoms with Crippen molar-refractivity contribution in [2.75, 3.05) is 0 Å². The molecule has 1 aliphatic rings. The van der Waals surface area contributed by atoms with Crippen LogP contribution >= 0.6 is 0 Å². The summed E-state index contributed by atoms with van der Waals surface area (Å²) in [5.74, 6) is -1.92. The summed E-state index contributed by atoms with van der Waals surface area (Å²) in [6, 6.07) is -0.713. The minimum Gasteiger partial charge on any atom is -0.480 e. The molecule has 92 valence electrons. The summed E-state index contributed by atoms with van der Waals surface area (Å²) in [6.07, 6.45) is 0.296. The molecular weight excluding hydrogens is 216 g/mol. The second kappa shape index (κ2) is 6.19. The van der Waals surface area contributed by atoms with Crippen molar-refractivity contribution in [1.29, 1.82) is 0 Å². The van der Waals surface area contributed by atoms with Crippen LogP contribution in [0.1, 0.15) is 26.7 Å². The van der Waals surface area contributed by atoms with E-state index in [2.05, 4.69) is 0 Å². The maximum atomic E-state index is 10.2. The van der Waals surface area contributed by atoms with Gasteiger partial charge in [-0.3, -0.25) is 19.6 Å². The maximum Gasteiger partial charge on any atom is 0.320 e. The van der Waals surface area contributed by atoms with Crippen LogP contribution in [0.2, 0.25) is 0 Å². The zero-order valence-corrected chi connectivity index (χ0v) is 9.21. The SMILES string of the molecule is CC(C)[C@H](N)C(=O)O.O=C1CCC(=O)N1O. The van der Waals surface area contributed by atoms with Crippen molar-refractivity contribution < 1.29 is 24.7 Å². The van der Waals surface area contributed by atoms with Gasteiger partial charge in [-0.2, -0.15) is 5.06 Å². The molecule has 0 unspecified atom stereocenters. The van der Waals surface area contributed by atoms with Crippen LogP contribution in [0.4, 0.5) is 0 Å². The third-order valence-corrected chi connectivity index (χ3v) is 2.03. The topological polar surface area (TPSA) is 121 Å². The van der Waals surface area contributed by atoms with E-state index in [0.717, 1.165) is 0 Å². The fourth-order valence-electron chi connectivity index (χ4n) is 0.850. The number of aliphatic carboxylic acids is 1. The average Bonchev–Trinajstić information content (AvgIpc) is 2.49. The lowest BCUT2D eigenvalue weighted by molar-refractivity contribution is -0.171. The van der Waals surface area contributed by atoms with E-state index < -0.39 is 23.8 Å². The number of rotatable bonds is 2. The van der Waals surface area contributed by atoms with Crippen molar-refractivity contribution in [3.05, 3.63) is 0 Å². The molecule has 1 heterocycles. The number of carbonyl (C=O) groups is 3. The first kappa shape index (κ1) is 14.5. The molecule has 1 aliphatic heterocycles. The third kappa shape index (κ3) is 4.37. The number of hydroxylamine groups is 2. The van der Waals surface area contributed by atoms with Gasteiger partial charge in [-0.25, -0.2) is 0 Å². The lowest BCUT2D eigenvalue weighted by Gasteiger charge is -2.07. The minimum atomic E-state index is -0.931. The fourth-order valence-corrected chi connectivity index (χ4v) is 0.850. The standard InChI is InChI=1S/C5H11NO2.C4H5NO3/c1-3(2)4(6)5(7)8;6-3-1-2-4(7)5(3)8/h3-4H,6H2,1-2H3,(H,7,8);8H,1-2H2/t4-;/m0./s1. The minimum absolute atomic E-state index is 0.0208. The summed E-state index contributed by atoms with van der Waals surface area (Å²) in [5, 5.41) is 16.8. The number of nitrogens with two attached hydrogens (primary N) is 1. The predicted octanol–water partition coefficient (Wildman–Crippen LogP) is -0.421. The van der Waals surface area contributed by atoms with Crippen LogP contribution in [-0.2, 0) is 14.4 Å². The molecule has 1 saturated heterocycles. The molecule has 0 spiro atoms. The van der Waals surface area contributed by atoms with E-state index in [1.807, 2.05) is 0 Å². The van der Waals surface area contributed by atoms with E-state index in [1.54, 1.807) is 13.8 Å². The molecule has 0 saturated carbocycles. The number of amides is 2. The number of carboxylic acids is 1. The van der Waals surface area contributed by atoms with Crippen molar-refractivity contribution in [2.45, 2.75) is 32.7 Å². The Labute approximate surface area is 92.8 Å². The van der Waals surface area contributed by atoms with Crippen LogP contribution in [0, 0.1) is 5.92 Å². The zero-order valence-electron chi connectivity index (χ0n) is 9.21. The number of hydrogen-bond acceptors (Lipinski definition) is 5. The van der Waals surface area contributed by atoms with E-state index >= 15 is 0 Å². The number of hydrogen-bond donors (Lipinski definition) is 3. The first-order chi connectivity index (χ1) is 7.27. The summed E-state index contributed by atoms with van der Waals surface area (Å²) in [4.78, 5) is 30.5. The first-order valence-corrected chi connectivity index (χ1v) is 4.80. The second-order valence-corrected chi connectivity index (χ2v) is 3.71. The van der Waals surface area contributed by atoms with Gasteiger partial charge in [0.25, 0.3) is 11.8 Å². The van der Waals surface area contributed by atoms with Crippen LogP contribution in [0.25, 0.3) is 0 Å². The normalized spacial score (nSPS) is 17.2. The summed E-state index contributed by atoms with van der Waals surface area (Å²) < 4.78 is 0. The van der Waals surface area contributed by atoms with Gasteiger partial charge in [0.2, 0.25) is 0 Å². The van der Waals surface area contributed by atoms with Crippen LogP contribution in [0.5, 0.6) is 0 Å². The summed E-state index contributed by atoms with van der Waals surface area (Å²) in [5.41, 5.74) is 5.16. The van der Waals surface area contributed by atoms with E-state index in [4.69, 9.17) is 16.0 Å². The smallest absolute Gasteiger partial charge is 0.320 e. The highest BCUT2D eigenvalue weighted by Crippen LogP contribution is 2.07. The number of imide groups is 1. The Hall–Kier alpha value is -1.47. The van der Waals surface area contributed by atoms with Gasteiger partial charge in [0.1, 0.15) is 6.04 Å². The van der Waals surface area contributed by atoms with Gasteiger partial charge in [0, 0.05) is 12.8 Å². The molecule has 7 heteroatoms. The monoisotopic (exact) mass is 232 g/mol. The Kier molecular flexibility index (Phi) is 5.62. The van der Waals surface area contributed by atoms with Crippen molar-refractivity contribution in [3.8, 4) is 0 Å². The van der Waals surface area contributed by atoms with Crippen molar-refractivity contribution in [2.24, 2.45) is 11.7 Å². The molecule has 0 aromatic carbocycles. The van der Waals surface area contributed by atoms with Gasteiger partial charge in [0.15, 0.2) is 0 Å². The van der Waals surface area contributed by atoms with E-state index in [0.29, 0.717) is 0 Å². The number of carbonyl (C=O) groups excluding carboxylic acids is 2. The molecule has 2 amide bonds. The number of carboxylic acid groups (broad SMARTS) is 1. The molecule has 4 N–H and O–H groups in total. The molecule has 0 aromatic rings. The van der Waals surface area contributed by atoms with Gasteiger partial charge >= 0.3 is 5.97 Å². The summed E-state index contributed by atoms with van der Waals surface area (Å²) in [6.45, 7) is 3.55. The van der Waals surface area contributed by atoms with E-state index in [-0.39, 0.29) is 23.8 Å². The summed E-state index contributed by atoms with van der Waals surface area (Å²) in [7, 11) is 0. The lowest BCUT2D eigenvalue weighted by Crippen LogP contribution is -2.34. The van der Waals surface area contributed by atoms with Crippen molar-refractivity contribution >= 4 is 17.8 Å². The van der Waals surface area contributed by atoms with Gasteiger partial charge < -0.3 is 10.8 Å². The van der Waals surface area contributed by atoms with Crippen LogP contribution in [0.3, 0.4) is 0 Å². The average molecular weight is 232 g/mol. The highest BCUT2D eigenvalue weighted by molar-refractivity contribution is 6.00. The largest absolute Gasteiger partial charge is 0.480 e. The molecule has 7 nitrogen and oxygen atoms in total. The molecule has 1 rings (SSSR count). The third-order valence-electron chi connectivity index (χ3n) is 2.03.